The van der Waals surface area contributed by atoms with Crippen molar-refractivity contribution in [1.82, 2.24) is 10.0 Å². The van der Waals surface area contributed by atoms with E-state index in [4.69, 9.17) is 4.74 Å². The van der Waals surface area contributed by atoms with Crippen molar-refractivity contribution in [2.24, 2.45) is 0 Å². The van der Waals surface area contributed by atoms with Crippen LogP contribution in [0.5, 0.6) is 0 Å². The Morgan fingerprint density at radius 3 is 3.00 bits per heavy atom. The fourth-order valence-electron chi connectivity index (χ4n) is 2.75. The summed E-state index contributed by atoms with van der Waals surface area (Å²) in [7, 11) is 0. The van der Waals surface area contributed by atoms with Crippen molar-refractivity contribution < 1.29 is 14.3 Å². The number of esters is 1. The van der Waals surface area contributed by atoms with Crippen molar-refractivity contribution in [1.29, 1.82) is 0 Å². The summed E-state index contributed by atoms with van der Waals surface area (Å²) in [6.07, 6.45) is 2.08. The Bertz CT molecular complexity index is 629. The van der Waals surface area contributed by atoms with Gasteiger partial charge in [0.2, 0.25) is 5.91 Å². The molecule has 2 heterocycles. The first-order valence-corrected chi connectivity index (χ1v) is 7.64. The first kappa shape index (κ1) is 14.3. The van der Waals surface area contributed by atoms with Gasteiger partial charge in [0.1, 0.15) is 0 Å². The number of halogens is 1. The SMILES string of the molecule is CCOC(=O)C1=CN2C(=O)CCN2C1c1cccc(Br)c1. The van der Waals surface area contributed by atoms with E-state index in [0.717, 1.165) is 10.0 Å². The molecular formula is C15H15BrN2O3. The quantitative estimate of drug-likeness (QED) is 0.785. The van der Waals surface area contributed by atoms with E-state index in [1.54, 1.807) is 13.1 Å². The highest BCUT2D eigenvalue weighted by molar-refractivity contribution is 9.10. The summed E-state index contributed by atoms with van der Waals surface area (Å²) in [5, 5.41) is 3.45. The van der Waals surface area contributed by atoms with E-state index >= 15 is 0 Å². The van der Waals surface area contributed by atoms with Crippen LogP contribution in [0.4, 0.5) is 0 Å². The minimum atomic E-state index is -0.371. The van der Waals surface area contributed by atoms with Crippen LogP contribution in [0.15, 0.2) is 40.5 Å². The third-order valence-corrected chi connectivity index (χ3v) is 4.11. The summed E-state index contributed by atoms with van der Waals surface area (Å²) in [5.41, 5.74) is 1.46. The van der Waals surface area contributed by atoms with E-state index < -0.39 is 0 Å². The second-order valence-corrected chi connectivity index (χ2v) is 5.83. The molecule has 0 spiro atoms. The summed E-state index contributed by atoms with van der Waals surface area (Å²) in [4.78, 5) is 24.1. The Morgan fingerprint density at radius 2 is 2.29 bits per heavy atom. The van der Waals surface area contributed by atoms with Gasteiger partial charge >= 0.3 is 5.97 Å². The Labute approximate surface area is 131 Å². The first-order chi connectivity index (χ1) is 10.1. The fraction of sp³-hybridized carbons (Fsp3) is 0.333. The smallest absolute Gasteiger partial charge is 0.337 e. The highest BCUT2D eigenvalue weighted by Crippen LogP contribution is 2.40. The molecule has 1 fully saturated rings. The van der Waals surface area contributed by atoms with E-state index in [2.05, 4.69) is 15.9 Å². The summed E-state index contributed by atoms with van der Waals surface area (Å²) in [6.45, 7) is 2.69. The number of carbonyl (C=O) groups excluding carboxylic acids is 2. The van der Waals surface area contributed by atoms with Crippen LogP contribution in [-0.4, -0.2) is 35.0 Å². The van der Waals surface area contributed by atoms with E-state index in [0.29, 0.717) is 25.1 Å². The molecule has 1 saturated heterocycles. The second-order valence-electron chi connectivity index (χ2n) is 4.91. The molecule has 0 bridgehead atoms. The molecule has 110 valence electrons. The molecule has 5 nitrogen and oxygen atoms in total. The maximum Gasteiger partial charge on any atom is 0.337 e. The van der Waals surface area contributed by atoms with Gasteiger partial charge in [-0.15, -0.1) is 0 Å². The topological polar surface area (TPSA) is 49.9 Å². The van der Waals surface area contributed by atoms with Gasteiger partial charge in [0.25, 0.3) is 0 Å². The largest absolute Gasteiger partial charge is 0.463 e. The summed E-state index contributed by atoms with van der Waals surface area (Å²) in [5.74, 6) is -0.362. The molecule has 0 radical (unpaired) electrons. The standard InChI is InChI=1S/C15H15BrN2O3/c1-2-21-15(20)12-9-18-13(19)6-7-17(18)14(12)10-4-3-5-11(16)8-10/h3-5,8-9,14H,2,6-7H2,1H3. The molecule has 3 rings (SSSR count). The lowest BCUT2D eigenvalue weighted by Crippen LogP contribution is -2.33. The van der Waals surface area contributed by atoms with Crippen molar-refractivity contribution in [3.05, 3.63) is 46.1 Å². The summed E-state index contributed by atoms with van der Waals surface area (Å²) < 4.78 is 6.06. The molecule has 0 aliphatic carbocycles. The molecule has 2 aliphatic rings. The predicted molar refractivity (Wildman–Crippen MR) is 79.8 cm³/mol. The van der Waals surface area contributed by atoms with Crippen LogP contribution in [0.2, 0.25) is 0 Å². The zero-order valence-electron chi connectivity index (χ0n) is 11.6. The number of ether oxygens (including phenoxy) is 1. The lowest BCUT2D eigenvalue weighted by Gasteiger charge is -2.26. The molecule has 0 saturated carbocycles. The number of hydrogen-bond donors (Lipinski definition) is 0. The minimum absolute atomic E-state index is 0.00861. The van der Waals surface area contributed by atoms with Gasteiger partial charge in [-0.2, -0.15) is 0 Å². The number of fused-ring (bicyclic) bond motifs is 1. The van der Waals surface area contributed by atoms with Crippen molar-refractivity contribution in [2.75, 3.05) is 13.2 Å². The number of amides is 1. The summed E-state index contributed by atoms with van der Waals surface area (Å²) >= 11 is 3.45. The van der Waals surface area contributed by atoms with Crippen LogP contribution < -0.4 is 0 Å². The normalized spacial score (nSPS) is 21.4. The Balaban J connectivity index is 2.01. The molecule has 1 aromatic rings. The number of rotatable bonds is 3. The van der Waals surface area contributed by atoms with E-state index in [1.165, 1.54) is 5.01 Å². The lowest BCUT2D eigenvalue weighted by atomic mass is 9.99. The van der Waals surface area contributed by atoms with Crippen LogP contribution in [0.25, 0.3) is 0 Å². The third-order valence-electron chi connectivity index (χ3n) is 3.62. The van der Waals surface area contributed by atoms with Crippen molar-refractivity contribution in [3.63, 3.8) is 0 Å². The van der Waals surface area contributed by atoms with Gasteiger partial charge < -0.3 is 4.74 Å². The number of nitrogens with zero attached hydrogens (tertiary/aromatic N) is 2. The Hall–Kier alpha value is -1.66. The summed E-state index contributed by atoms with van der Waals surface area (Å²) in [6, 6.07) is 7.49. The van der Waals surface area contributed by atoms with Crippen molar-refractivity contribution in [3.8, 4) is 0 Å². The Kier molecular flexibility index (Phi) is 3.82. The van der Waals surface area contributed by atoms with E-state index in [-0.39, 0.29) is 17.9 Å². The van der Waals surface area contributed by atoms with Gasteiger partial charge in [-0.25, -0.2) is 14.8 Å². The lowest BCUT2D eigenvalue weighted by molar-refractivity contribution is -0.139. The predicted octanol–water partition coefficient (Wildman–Crippen LogP) is 2.40. The monoisotopic (exact) mass is 350 g/mol. The minimum Gasteiger partial charge on any atom is -0.463 e. The molecular weight excluding hydrogens is 336 g/mol. The van der Waals surface area contributed by atoms with Gasteiger partial charge in [0.05, 0.1) is 18.2 Å². The van der Waals surface area contributed by atoms with Crippen LogP contribution in [-0.2, 0) is 14.3 Å². The van der Waals surface area contributed by atoms with Gasteiger partial charge in [-0.1, -0.05) is 28.1 Å². The Morgan fingerprint density at radius 1 is 1.48 bits per heavy atom. The van der Waals surface area contributed by atoms with Gasteiger partial charge in [0.15, 0.2) is 0 Å². The maximum absolute atomic E-state index is 12.2. The second kappa shape index (κ2) is 5.61. The van der Waals surface area contributed by atoms with Crippen LogP contribution in [0, 0.1) is 0 Å². The number of carbonyl (C=O) groups is 2. The van der Waals surface area contributed by atoms with Gasteiger partial charge in [0, 0.05) is 23.6 Å². The molecule has 0 N–H and O–H groups in total. The zero-order chi connectivity index (χ0) is 15.0. The average Bonchev–Trinajstić information content (AvgIpc) is 2.99. The maximum atomic E-state index is 12.2. The molecule has 1 atom stereocenters. The molecule has 1 unspecified atom stereocenters. The number of benzene rings is 1. The fourth-order valence-corrected chi connectivity index (χ4v) is 3.16. The zero-order valence-corrected chi connectivity index (χ0v) is 13.2. The molecule has 21 heavy (non-hydrogen) atoms. The van der Waals surface area contributed by atoms with Crippen molar-refractivity contribution in [2.45, 2.75) is 19.4 Å². The van der Waals surface area contributed by atoms with Gasteiger partial charge in [-0.05, 0) is 24.6 Å². The molecule has 2 aliphatic heterocycles. The molecule has 6 heteroatoms. The van der Waals surface area contributed by atoms with Crippen LogP contribution in [0.3, 0.4) is 0 Å². The third kappa shape index (κ3) is 2.49. The molecule has 1 aromatic carbocycles. The van der Waals surface area contributed by atoms with E-state index in [9.17, 15) is 9.59 Å². The highest BCUT2D eigenvalue weighted by atomic mass is 79.9. The van der Waals surface area contributed by atoms with E-state index in [1.807, 2.05) is 29.3 Å². The molecule has 0 aromatic heterocycles. The first-order valence-electron chi connectivity index (χ1n) is 6.84. The molecule has 1 amide bonds. The number of hydrazine groups is 1. The van der Waals surface area contributed by atoms with Crippen LogP contribution >= 0.6 is 15.9 Å². The average molecular weight is 351 g/mol. The van der Waals surface area contributed by atoms with Crippen LogP contribution in [0.1, 0.15) is 24.9 Å². The van der Waals surface area contributed by atoms with Gasteiger partial charge in [-0.3, -0.25) is 4.79 Å². The van der Waals surface area contributed by atoms with Crippen molar-refractivity contribution >= 4 is 27.8 Å². The number of hydrogen-bond acceptors (Lipinski definition) is 4. The highest BCUT2D eigenvalue weighted by Gasteiger charge is 2.44.